The lowest BCUT2D eigenvalue weighted by Crippen LogP contribution is -2.27. The summed E-state index contributed by atoms with van der Waals surface area (Å²) in [6.45, 7) is 5.19. The van der Waals surface area contributed by atoms with Gasteiger partial charge in [0.05, 0.1) is 19.6 Å². The van der Waals surface area contributed by atoms with Crippen LogP contribution in [0.5, 0.6) is 5.75 Å². The molecular formula is C19H23N5O. The fraction of sp³-hybridized carbons (Fsp3) is 0.316. The van der Waals surface area contributed by atoms with Gasteiger partial charge in [-0.05, 0) is 35.8 Å². The van der Waals surface area contributed by atoms with Gasteiger partial charge >= 0.3 is 0 Å². The molecule has 1 aromatic heterocycles. The summed E-state index contributed by atoms with van der Waals surface area (Å²) in [5.41, 5.74) is 3.45. The number of tetrazole rings is 1. The molecule has 0 aliphatic carbocycles. The molecule has 0 aliphatic heterocycles. The van der Waals surface area contributed by atoms with E-state index in [1.807, 2.05) is 24.3 Å². The minimum absolute atomic E-state index is 0.0315. The van der Waals surface area contributed by atoms with Gasteiger partial charge in [-0.15, -0.1) is 10.2 Å². The van der Waals surface area contributed by atoms with Gasteiger partial charge in [0.1, 0.15) is 12.4 Å². The molecule has 1 atom stereocenters. The molecule has 0 saturated heterocycles. The molecule has 0 spiro atoms. The molecule has 130 valence electrons. The molecule has 0 aliphatic rings. The lowest BCUT2D eigenvalue weighted by Gasteiger charge is -2.21. The van der Waals surface area contributed by atoms with Crippen molar-refractivity contribution < 1.29 is 4.74 Å². The van der Waals surface area contributed by atoms with Gasteiger partial charge < -0.3 is 4.74 Å². The van der Waals surface area contributed by atoms with E-state index in [0.717, 1.165) is 22.4 Å². The third kappa shape index (κ3) is 4.42. The first kappa shape index (κ1) is 17.1. The van der Waals surface area contributed by atoms with Gasteiger partial charge in [-0.3, -0.25) is 5.32 Å². The fourth-order valence-corrected chi connectivity index (χ4v) is 2.76. The van der Waals surface area contributed by atoms with Crippen molar-refractivity contribution in [3.8, 4) is 5.75 Å². The van der Waals surface area contributed by atoms with Crippen LogP contribution in [0.4, 0.5) is 0 Å². The van der Waals surface area contributed by atoms with Crippen LogP contribution >= 0.6 is 0 Å². The molecule has 6 nitrogen and oxygen atoms in total. The minimum atomic E-state index is 0.0315. The Morgan fingerprint density at radius 2 is 1.76 bits per heavy atom. The van der Waals surface area contributed by atoms with E-state index in [9.17, 15) is 0 Å². The van der Waals surface area contributed by atoms with Crippen LogP contribution in [0.15, 0.2) is 48.5 Å². The highest BCUT2D eigenvalue weighted by Crippen LogP contribution is 2.24. The average Bonchev–Trinajstić information content (AvgIpc) is 3.03. The van der Waals surface area contributed by atoms with Crippen molar-refractivity contribution in [3.05, 3.63) is 71.0 Å². The van der Waals surface area contributed by atoms with E-state index in [1.54, 1.807) is 7.05 Å². The second-order valence-corrected chi connectivity index (χ2v) is 6.07. The van der Waals surface area contributed by atoms with Crippen LogP contribution in [0.3, 0.4) is 0 Å². The monoisotopic (exact) mass is 337 g/mol. The summed E-state index contributed by atoms with van der Waals surface area (Å²) < 4.78 is 6.15. The summed E-state index contributed by atoms with van der Waals surface area (Å²) >= 11 is 0. The maximum absolute atomic E-state index is 6.15. The normalized spacial score (nSPS) is 12.1. The Balaban J connectivity index is 1.72. The maximum atomic E-state index is 6.15. The van der Waals surface area contributed by atoms with Gasteiger partial charge in [0.2, 0.25) is 0 Å². The smallest absolute Gasteiger partial charge is 0.188 e. The van der Waals surface area contributed by atoms with E-state index in [2.05, 4.69) is 58.8 Å². The van der Waals surface area contributed by atoms with E-state index >= 15 is 0 Å². The molecule has 0 radical (unpaired) electrons. The second kappa shape index (κ2) is 7.90. The summed E-state index contributed by atoms with van der Waals surface area (Å²) in [5, 5.41) is 15.6. The number of nitrogens with one attached hydrogen (secondary N) is 1. The lowest BCUT2D eigenvalue weighted by atomic mass is 10.1. The summed E-state index contributed by atoms with van der Waals surface area (Å²) in [5.74, 6) is 1.61. The summed E-state index contributed by atoms with van der Waals surface area (Å²) in [6.07, 6.45) is 0. The number of hydrogen-bond acceptors (Lipinski definition) is 5. The molecule has 1 heterocycles. The Kier molecular flexibility index (Phi) is 5.40. The number of hydrogen-bond donors (Lipinski definition) is 1. The molecule has 0 amide bonds. The number of aryl methyl sites for hydroxylation is 3. The predicted octanol–water partition coefficient (Wildman–Crippen LogP) is 2.74. The summed E-state index contributed by atoms with van der Waals surface area (Å²) in [7, 11) is 1.76. The molecule has 1 N–H and O–H groups in total. The molecule has 0 unspecified atom stereocenters. The van der Waals surface area contributed by atoms with Gasteiger partial charge in [-0.1, -0.05) is 48.5 Å². The molecule has 0 fully saturated rings. The number of ether oxygens (including phenoxy) is 1. The highest BCUT2D eigenvalue weighted by Gasteiger charge is 2.14. The van der Waals surface area contributed by atoms with Crippen molar-refractivity contribution in [1.29, 1.82) is 0 Å². The lowest BCUT2D eigenvalue weighted by molar-refractivity contribution is 0.261. The largest absolute Gasteiger partial charge is 0.491 e. The molecule has 25 heavy (non-hydrogen) atoms. The molecular weight excluding hydrogens is 314 g/mol. The second-order valence-electron chi connectivity index (χ2n) is 6.07. The molecule has 6 heteroatoms. The van der Waals surface area contributed by atoms with E-state index in [4.69, 9.17) is 4.74 Å². The molecule has 3 rings (SSSR count). The van der Waals surface area contributed by atoms with E-state index in [-0.39, 0.29) is 6.04 Å². The van der Waals surface area contributed by atoms with Gasteiger partial charge in [0.25, 0.3) is 0 Å². The predicted molar refractivity (Wildman–Crippen MR) is 96.2 cm³/mol. The Hall–Kier alpha value is -2.73. The highest BCUT2D eigenvalue weighted by atomic mass is 16.5. The van der Waals surface area contributed by atoms with E-state index in [1.165, 1.54) is 4.80 Å². The number of aromatic nitrogens is 4. The van der Waals surface area contributed by atoms with Crippen LogP contribution in [0.1, 0.15) is 28.6 Å². The van der Waals surface area contributed by atoms with Crippen molar-refractivity contribution in [2.75, 3.05) is 6.61 Å². The summed E-state index contributed by atoms with van der Waals surface area (Å²) in [6, 6.07) is 16.5. The van der Waals surface area contributed by atoms with Crippen molar-refractivity contribution in [2.45, 2.75) is 26.4 Å². The van der Waals surface area contributed by atoms with Crippen molar-refractivity contribution >= 4 is 0 Å². The zero-order valence-corrected chi connectivity index (χ0v) is 14.8. The van der Waals surface area contributed by atoms with Crippen LogP contribution in [-0.2, 0) is 13.6 Å². The summed E-state index contributed by atoms with van der Waals surface area (Å²) in [4.78, 5) is 1.46. The third-order valence-corrected chi connectivity index (χ3v) is 4.06. The average molecular weight is 337 g/mol. The van der Waals surface area contributed by atoms with E-state index < -0.39 is 0 Å². The first-order valence-corrected chi connectivity index (χ1v) is 8.33. The Morgan fingerprint density at radius 3 is 2.40 bits per heavy atom. The molecule has 0 bridgehead atoms. The van der Waals surface area contributed by atoms with Gasteiger partial charge in [0, 0.05) is 0 Å². The van der Waals surface area contributed by atoms with Crippen LogP contribution in [0, 0.1) is 13.8 Å². The molecule has 0 saturated carbocycles. The van der Waals surface area contributed by atoms with Crippen molar-refractivity contribution in [3.63, 3.8) is 0 Å². The number of nitrogens with zero attached hydrogens (tertiary/aromatic N) is 4. The first-order chi connectivity index (χ1) is 12.1. The topological polar surface area (TPSA) is 64.9 Å². The maximum Gasteiger partial charge on any atom is 0.188 e. The van der Waals surface area contributed by atoms with Crippen molar-refractivity contribution in [2.24, 2.45) is 7.05 Å². The third-order valence-electron chi connectivity index (χ3n) is 4.06. The Morgan fingerprint density at radius 1 is 1.04 bits per heavy atom. The van der Waals surface area contributed by atoms with Gasteiger partial charge in [-0.25, -0.2) is 0 Å². The van der Waals surface area contributed by atoms with Crippen molar-refractivity contribution in [1.82, 2.24) is 25.5 Å². The zero-order chi connectivity index (χ0) is 17.6. The van der Waals surface area contributed by atoms with Crippen LogP contribution in [-0.4, -0.2) is 26.8 Å². The van der Waals surface area contributed by atoms with Crippen LogP contribution in [0.25, 0.3) is 0 Å². The molecule has 2 aromatic carbocycles. The Labute approximate surface area is 147 Å². The van der Waals surface area contributed by atoms with Gasteiger partial charge in [0.15, 0.2) is 5.82 Å². The number of para-hydroxylation sites is 1. The van der Waals surface area contributed by atoms with Gasteiger partial charge in [-0.2, -0.15) is 4.80 Å². The quantitative estimate of drug-likeness (QED) is 0.718. The Bertz CT molecular complexity index is 795. The molecule has 3 aromatic rings. The fourth-order valence-electron chi connectivity index (χ4n) is 2.76. The standard InChI is InChI=1S/C19H23N5O/c1-14-8-7-9-15(2)19(14)25-13-17(16-10-5-4-6-11-16)20-12-18-21-23-24(3)22-18/h4-11,17,20H,12-13H2,1-3H3/t17-/m1/s1. The zero-order valence-electron chi connectivity index (χ0n) is 14.8. The number of benzene rings is 2. The van der Waals surface area contributed by atoms with Crippen LogP contribution in [0.2, 0.25) is 0 Å². The first-order valence-electron chi connectivity index (χ1n) is 8.33. The minimum Gasteiger partial charge on any atom is -0.491 e. The van der Waals surface area contributed by atoms with Crippen LogP contribution < -0.4 is 10.1 Å². The van der Waals surface area contributed by atoms with E-state index in [0.29, 0.717) is 19.0 Å². The SMILES string of the molecule is Cc1cccc(C)c1OC[C@@H](NCc1nnn(C)n1)c1ccccc1. The highest BCUT2D eigenvalue weighted by molar-refractivity contribution is 5.39. The number of rotatable bonds is 7.